The number of rotatable bonds is 4. The molecular weight excluding hydrogens is 254 g/mol. The van der Waals surface area contributed by atoms with Gasteiger partial charge in [0.25, 0.3) is 0 Å². The average Bonchev–Trinajstić information content (AvgIpc) is 3.03. The van der Waals surface area contributed by atoms with Crippen molar-refractivity contribution in [3.8, 4) is 0 Å². The van der Waals surface area contributed by atoms with E-state index in [-0.39, 0.29) is 5.60 Å². The number of hydrogen-bond acceptors (Lipinski definition) is 4. The second kappa shape index (κ2) is 5.84. The van der Waals surface area contributed by atoms with Gasteiger partial charge >= 0.3 is 0 Å². The van der Waals surface area contributed by atoms with Gasteiger partial charge in [0.1, 0.15) is 0 Å². The van der Waals surface area contributed by atoms with Gasteiger partial charge in [-0.1, -0.05) is 6.92 Å². The van der Waals surface area contributed by atoms with Crippen molar-refractivity contribution in [2.45, 2.75) is 50.8 Å². The minimum absolute atomic E-state index is 0.0154. The third-order valence-corrected chi connectivity index (χ3v) is 4.47. The zero-order valence-corrected chi connectivity index (χ0v) is 12.5. The van der Waals surface area contributed by atoms with Crippen LogP contribution in [0.4, 0.5) is 0 Å². The molecule has 2 fully saturated rings. The lowest BCUT2D eigenvalue weighted by atomic mass is 9.89. The first kappa shape index (κ1) is 14.0. The highest BCUT2D eigenvalue weighted by Crippen LogP contribution is 2.32. The largest absolute Gasteiger partial charge is 0.378 e. The third kappa shape index (κ3) is 2.90. The van der Waals surface area contributed by atoms with Gasteiger partial charge in [-0.05, 0) is 19.3 Å². The standard InChI is InChI=1S/C15H25N3O2/c1-3-14-12(10-18(2)17-14)9-16-13-4-6-20-15(8-13)5-7-19-11-15/h10,13,16H,3-9,11H2,1-2H3. The molecule has 2 atom stereocenters. The molecule has 3 heterocycles. The lowest BCUT2D eigenvalue weighted by molar-refractivity contribution is -0.0894. The summed E-state index contributed by atoms with van der Waals surface area (Å²) in [6.07, 6.45) is 6.31. The molecule has 2 saturated heterocycles. The minimum Gasteiger partial charge on any atom is -0.378 e. The molecule has 20 heavy (non-hydrogen) atoms. The van der Waals surface area contributed by atoms with Gasteiger partial charge in [-0.15, -0.1) is 0 Å². The zero-order chi connectivity index (χ0) is 14.0. The van der Waals surface area contributed by atoms with E-state index in [9.17, 15) is 0 Å². The van der Waals surface area contributed by atoms with E-state index in [1.165, 1.54) is 11.3 Å². The maximum Gasteiger partial charge on any atom is 0.0951 e. The molecule has 0 radical (unpaired) electrons. The molecule has 0 aromatic carbocycles. The van der Waals surface area contributed by atoms with E-state index in [0.717, 1.165) is 52.0 Å². The average molecular weight is 279 g/mol. The summed E-state index contributed by atoms with van der Waals surface area (Å²) in [5.74, 6) is 0. The Kier molecular flexibility index (Phi) is 4.10. The van der Waals surface area contributed by atoms with Crippen LogP contribution in [0.3, 0.4) is 0 Å². The topological polar surface area (TPSA) is 48.3 Å². The summed E-state index contributed by atoms with van der Waals surface area (Å²) in [4.78, 5) is 0. The third-order valence-electron chi connectivity index (χ3n) is 4.47. The van der Waals surface area contributed by atoms with Crippen LogP contribution in [0.1, 0.15) is 37.4 Å². The van der Waals surface area contributed by atoms with E-state index in [2.05, 4.69) is 23.5 Å². The lowest BCUT2D eigenvalue weighted by Gasteiger charge is -2.37. The summed E-state index contributed by atoms with van der Waals surface area (Å²) in [7, 11) is 1.99. The molecule has 3 rings (SSSR count). The molecule has 0 saturated carbocycles. The number of aryl methyl sites for hydroxylation is 2. The van der Waals surface area contributed by atoms with Crippen LogP contribution in [0, 0.1) is 0 Å². The number of hydrogen-bond donors (Lipinski definition) is 1. The van der Waals surface area contributed by atoms with E-state index < -0.39 is 0 Å². The highest BCUT2D eigenvalue weighted by molar-refractivity contribution is 5.16. The molecule has 112 valence electrons. The van der Waals surface area contributed by atoms with Gasteiger partial charge in [0.15, 0.2) is 0 Å². The van der Waals surface area contributed by atoms with Crippen molar-refractivity contribution < 1.29 is 9.47 Å². The molecule has 5 nitrogen and oxygen atoms in total. The van der Waals surface area contributed by atoms with Crippen molar-refractivity contribution in [3.63, 3.8) is 0 Å². The lowest BCUT2D eigenvalue weighted by Crippen LogP contribution is -2.47. The van der Waals surface area contributed by atoms with Crippen molar-refractivity contribution in [3.05, 3.63) is 17.5 Å². The normalized spacial score (nSPS) is 30.2. The summed E-state index contributed by atoms with van der Waals surface area (Å²) < 4.78 is 13.4. The predicted octanol–water partition coefficient (Wildman–Crippen LogP) is 1.41. The molecular formula is C15H25N3O2. The van der Waals surface area contributed by atoms with Crippen LogP contribution in [-0.2, 0) is 29.5 Å². The van der Waals surface area contributed by atoms with E-state index in [1.807, 2.05) is 11.7 Å². The Morgan fingerprint density at radius 2 is 2.40 bits per heavy atom. The molecule has 0 bridgehead atoms. The van der Waals surface area contributed by atoms with Crippen LogP contribution in [0.2, 0.25) is 0 Å². The van der Waals surface area contributed by atoms with Crippen molar-refractivity contribution >= 4 is 0 Å². The fraction of sp³-hybridized carbons (Fsp3) is 0.800. The molecule has 2 aliphatic heterocycles. The maximum atomic E-state index is 5.98. The summed E-state index contributed by atoms with van der Waals surface area (Å²) >= 11 is 0. The van der Waals surface area contributed by atoms with Gasteiger partial charge in [0.2, 0.25) is 0 Å². The van der Waals surface area contributed by atoms with Crippen LogP contribution in [0.5, 0.6) is 0 Å². The Hall–Kier alpha value is -0.910. The molecule has 1 aromatic rings. The fourth-order valence-electron chi connectivity index (χ4n) is 3.35. The van der Waals surface area contributed by atoms with Gasteiger partial charge in [-0.3, -0.25) is 4.68 Å². The number of ether oxygens (including phenoxy) is 2. The summed E-state index contributed by atoms with van der Waals surface area (Å²) in [5, 5.41) is 8.18. The second-order valence-corrected chi connectivity index (χ2v) is 6.03. The Bertz CT molecular complexity index is 452. The molecule has 2 aliphatic rings. The van der Waals surface area contributed by atoms with Gasteiger partial charge in [0.05, 0.1) is 17.9 Å². The molecule has 0 aliphatic carbocycles. The highest BCUT2D eigenvalue weighted by atomic mass is 16.6. The van der Waals surface area contributed by atoms with Gasteiger partial charge in [-0.25, -0.2) is 0 Å². The molecule has 0 amide bonds. The molecule has 1 spiro atoms. The second-order valence-electron chi connectivity index (χ2n) is 6.03. The zero-order valence-electron chi connectivity index (χ0n) is 12.5. The van der Waals surface area contributed by atoms with Crippen LogP contribution < -0.4 is 5.32 Å². The van der Waals surface area contributed by atoms with Crippen molar-refractivity contribution in [1.29, 1.82) is 0 Å². The van der Waals surface area contributed by atoms with E-state index in [0.29, 0.717) is 6.04 Å². The van der Waals surface area contributed by atoms with Crippen molar-refractivity contribution in [1.82, 2.24) is 15.1 Å². The van der Waals surface area contributed by atoms with E-state index >= 15 is 0 Å². The Morgan fingerprint density at radius 1 is 1.50 bits per heavy atom. The summed E-state index contributed by atoms with van der Waals surface area (Å²) in [6.45, 7) is 5.51. The molecule has 5 heteroatoms. The first-order valence-electron chi connectivity index (χ1n) is 7.67. The van der Waals surface area contributed by atoms with Gasteiger partial charge in [-0.2, -0.15) is 5.10 Å². The summed E-state index contributed by atoms with van der Waals surface area (Å²) in [5.41, 5.74) is 2.50. The van der Waals surface area contributed by atoms with Gasteiger partial charge < -0.3 is 14.8 Å². The molecule has 1 aromatic heterocycles. The number of aromatic nitrogens is 2. The Balaban J connectivity index is 1.57. The first-order valence-corrected chi connectivity index (χ1v) is 7.67. The highest BCUT2D eigenvalue weighted by Gasteiger charge is 2.40. The smallest absolute Gasteiger partial charge is 0.0951 e. The molecule has 2 unspecified atom stereocenters. The van der Waals surface area contributed by atoms with Crippen LogP contribution >= 0.6 is 0 Å². The van der Waals surface area contributed by atoms with Crippen molar-refractivity contribution in [2.75, 3.05) is 19.8 Å². The summed E-state index contributed by atoms with van der Waals surface area (Å²) in [6, 6.07) is 0.523. The van der Waals surface area contributed by atoms with Crippen LogP contribution in [0.25, 0.3) is 0 Å². The Labute approximate surface area is 120 Å². The maximum absolute atomic E-state index is 5.98. The molecule has 1 N–H and O–H groups in total. The monoisotopic (exact) mass is 279 g/mol. The first-order chi connectivity index (χ1) is 9.71. The van der Waals surface area contributed by atoms with E-state index in [4.69, 9.17) is 9.47 Å². The number of nitrogens with zero attached hydrogens (tertiary/aromatic N) is 2. The number of nitrogens with one attached hydrogen (secondary N) is 1. The van der Waals surface area contributed by atoms with Crippen molar-refractivity contribution in [2.24, 2.45) is 7.05 Å². The predicted molar refractivity (Wildman–Crippen MR) is 76.6 cm³/mol. The Morgan fingerprint density at radius 3 is 3.15 bits per heavy atom. The SMILES string of the molecule is CCc1nn(C)cc1CNC1CCOC2(CCOC2)C1. The van der Waals surface area contributed by atoms with Crippen LogP contribution in [0.15, 0.2) is 6.20 Å². The van der Waals surface area contributed by atoms with Crippen LogP contribution in [-0.4, -0.2) is 41.2 Å². The fourth-order valence-corrected chi connectivity index (χ4v) is 3.35. The van der Waals surface area contributed by atoms with E-state index in [1.54, 1.807) is 0 Å². The van der Waals surface area contributed by atoms with Gasteiger partial charge in [0, 0.05) is 51.0 Å². The minimum atomic E-state index is -0.0154. The quantitative estimate of drug-likeness (QED) is 0.905.